The Bertz CT molecular complexity index is 691. The number of carbonyl (C=O) groups excluding carboxylic acids is 2. The Balaban J connectivity index is 2.18. The van der Waals surface area contributed by atoms with E-state index in [1.165, 1.54) is 11.8 Å². The van der Waals surface area contributed by atoms with Crippen LogP contribution in [-0.2, 0) is 16.0 Å². The third-order valence-electron chi connectivity index (χ3n) is 3.98. The van der Waals surface area contributed by atoms with E-state index in [-0.39, 0.29) is 12.1 Å². The normalized spacial score (nSPS) is 20.0. The minimum Gasteiger partial charge on any atom is -0.458 e. The van der Waals surface area contributed by atoms with Crippen LogP contribution in [0.1, 0.15) is 25.3 Å². The molecular weight excluding hydrogens is 280 g/mol. The summed E-state index contributed by atoms with van der Waals surface area (Å²) in [5.41, 5.74) is 8.99. The summed E-state index contributed by atoms with van der Waals surface area (Å²) in [6.07, 6.45) is 5.70. The minimum absolute atomic E-state index is 0.323. The number of para-hydroxylation sites is 1. The average molecular weight is 298 g/mol. The zero-order chi connectivity index (χ0) is 15.7. The lowest BCUT2D eigenvalue weighted by molar-refractivity contribution is -0.144. The van der Waals surface area contributed by atoms with E-state index < -0.39 is 6.03 Å². The quantitative estimate of drug-likeness (QED) is 0.810. The lowest BCUT2D eigenvalue weighted by Crippen LogP contribution is -2.36. The van der Waals surface area contributed by atoms with Crippen LogP contribution in [0.15, 0.2) is 47.7 Å². The number of fused-ring (bicyclic) bond motifs is 1. The molecule has 5 heteroatoms. The summed E-state index contributed by atoms with van der Waals surface area (Å²) in [7, 11) is 0. The molecule has 2 N–H and O–H groups in total. The second kappa shape index (κ2) is 5.67. The molecule has 0 saturated carbocycles. The monoisotopic (exact) mass is 298 g/mol. The second-order valence-corrected chi connectivity index (χ2v) is 5.46. The van der Waals surface area contributed by atoms with Crippen LogP contribution in [0.3, 0.4) is 0 Å². The molecule has 0 unspecified atom stereocenters. The molecule has 0 saturated heterocycles. The van der Waals surface area contributed by atoms with Crippen molar-refractivity contribution >= 4 is 17.7 Å². The maximum absolute atomic E-state index is 12.0. The first kappa shape index (κ1) is 14.4. The van der Waals surface area contributed by atoms with Gasteiger partial charge in [0.1, 0.15) is 6.10 Å². The third kappa shape index (κ3) is 2.50. The van der Waals surface area contributed by atoms with Gasteiger partial charge in [0.15, 0.2) is 0 Å². The number of hydrogen-bond donors (Lipinski definition) is 1. The molecule has 0 fully saturated rings. The van der Waals surface area contributed by atoms with Gasteiger partial charge in [0.25, 0.3) is 0 Å². The number of amides is 2. The van der Waals surface area contributed by atoms with Gasteiger partial charge >= 0.3 is 12.0 Å². The zero-order valence-electron chi connectivity index (χ0n) is 12.4. The Kier molecular flexibility index (Phi) is 3.71. The van der Waals surface area contributed by atoms with Crippen molar-refractivity contribution in [2.24, 2.45) is 5.73 Å². The second-order valence-electron chi connectivity index (χ2n) is 5.46. The van der Waals surface area contributed by atoms with E-state index >= 15 is 0 Å². The Hall–Kier alpha value is -2.56. The number of carbonyl (C=O) groups is 2. The van der Waals surface area contributed by atoms with Gasteiger partial charge in [-0.2, -0.15) is 0 Å². The van der Waals surface area contributed by atoms with Crippen molar-refractivity contribution in [2.45, 2.75) is 32.3 Å². The summed E-state index contributed by atoms with van der Waals surface area (Å²) in [6.45, 7) is 1.40. The predicted octanol–water partition coefficient (Wildman–Crippen LogP) is 2.66. The molecule has 0 aromatic heterocycles. The topological polar surface area (TPSA) is 72.6 Å². The van der Waals surface area contributed by atoms with E-state index in [0.29, 0.717) is 6.42 Å². The largest absolute Gasteiger partial charge is 0.458 e. The lowest BCUT2D eigenvalue weighted by atomic mass is 9.94. The van der Waals surface area contributed by atoms with Crippen molar-refractivity contribution in [1.29, 1.82) is 0 Å². The zero-order valence-corrected chi connectivity index (χ0v) is 12.4. The van der Waals surface area contributed by atoms with Gasteiger partial charge in [-0.3, -0.25) is 9.69 Å². The van der Waals surface area contributed by atoms with Crippen LogP contribution in [0.5, 0.6) is 0 Å². The molecule has 5 nitrogen and oxygen atoms in total. The fourth-order valence-corrected chi connectivity index (χ4v) is 3.12. The highest BCUT2D eigenvalue weighted by molar-refractivity contribution is 5.96. The van der Waals surface area contributed by atoms with Gasteiger partial charge in [-0.25, -0.2) is 4.79 Å². The number of rotatable bonds is 1. The van der Waals surface area contributed by atoms with E-state index in [2.05, 4.69) is 0 Å². The molecule has 22 heavy (non-hydrogen) atoms. The fraction of sp³-hybridized carbons (Fsp3) is 0.294. The SMILES string of the molecule is CC(=O)O[C@H]1Cc2ccccc2N(C(N)=O)C2=C1CCC=C2. The van der Waals surface area contributed by atoms with Crippen LogP contribution >= 0.6 is 0 Å². The molecule has 114 valence electrons. The van der Waals surface area contributed by atoms with Crippen LogP contribution in [0.2, 0.25) is 0 Å². The Labute approximate surface area is 129 Å². The molecule has 1 aromatic rings. The molecule has 0 radical (unpaired) electrons. The highest BCUT2D eigenvalue weighted by atomic mass is 16.5. The van der Waals surface area contributed by atoms with Crippen molar-refractivity contribution < 1.29 is 14.3 Å². The maximum Gasteiger partial charge on any atom is 0.323 e. The van der Waals surface area contributed by atoms with Crippen LogP contribution in [0, 0.1) is 0 Å². The minimum atomic E-state index is -0.532. The summed E-state index contributed by atoms with van der Waals surface area (Å²) >= 11 is 0. The molecule has 3 rings (SSSR count). The Morgan fingerprint density at radius 1 is 1.32 bits per heavy atom. The number of esters is 1. The van der Waals surface area contributed by atoms with Crippen LogP contribution in [0.4, 0.5) is 10.5 Å². The number of ether oxygens (including phenoxy) is 1. The molecule has 0 bridgehead atoms. The van der Waals surface area contributed by atoms with Gasteiger partial charge in [-0.05, 0) is 36.1 Å². The first-order valence-electron chi connectivity index (χ1n) is 7.32. The number of allylic oxidation sites excluding steroid dienone is 2. The highest BCUT2D eigenvalue weighted by Gasteiger charge is 2.32. The van der Waals surface area contributed by atoms with E-state index in [1.807, 2.05) is 36.4 Å². The van der Waals surface area contributed by atoms with E-state index in [9.17, 15) is 9.59 Å². The number of primary amides is 1. The van der Waals surface area contributed by atoms with E-state index in [0.717, 1.165) is 35.4 Å². The third-order valence-corrected chi connectivity index (χ3v) is 3.98. The van der Waals surface area contributed by atoms with Crippen molar-refractivity contribution in [1.82, 2.24) is 0 Å². The Morgan fingerprint density at radius 3 is 2.82 bits per heavy atom. The molecule has 1 aromatic carbocycles. The summed E-state index contributed by atoms with van der Waals surface area (Å²) < 4.78 is 5.52. The van der Waals surface area contributed by atoms with Crippen molar-refractivity contribution in [3.8, 4) is 0 Å². The summed E-state index contributed by atoms with van der Waals surface area (Å²) in [4.78, 5) is 25.0. The molecular formula is C17H18N2O3. The number of benzene rings is 1. The van der Waals surface area contributed by atoms with Crippen molar-refractivity contribution in [3.63, 3.8) is 0 Å². The lowest BCUT2D eigenvalue weighted by Gasteiger charge is -2.26. The van der Waals surface area contributed by atoms with Crippen LogP contribution in [0.25, 0.3) is 0 Å². The van der Waals surface area contributed by atoms with Gasteiger partial charge in [-0.1, -0.05) is 24.3 Å². The molecule has 0 spiro atoms. The first-order valence-corrected chi connectivity index (χ1v) is 7.32. The maximum atomic E-state index is 12.0. The van der Waals surface area contributed by atoms with E-state index in [4.69, 9.17) is 10.5 Å². The van der Waals surface area contributed by atoms with Gasteiger partial charge < -0.3 is 10.5 Å². The fourth-order valence-electron chi connectivity index (χ4n) is 3.12. The highest BCUT2D eigenvalue weighted by Crippen LogP contribution is 2.37. The first-order chi connectivity index (χ1) is 10.6. The van der Waals surface area contributed by atoms with Gasteiger partial charge in [0.2, 0.25) is 0 Å². The van der Waals surface area contributed by atoms with Gasteiger partial charge in [-0.15, -0.1) is 0 Å². The Morgan fingerprint density at radius 2 is 2.09 bits per heavy atom. The molecule has 2 amide bonds. The number of hydrogen-bond acceptors (Lipinski definition) is 3. The number of urea groups is 1. The molecule has 1 heterocycles. The summed E-state index contributed by atoms with van der Waals surface area (Å²) in [6, 6.07) is 7.04. The van der Waals surface area contributed by atoms with Gasteiger partial charge in [0.05, 0.1) is 11.4 Å². The smallest absolute Gasteiger partial charge is 0.323 e. The number of nitrogens with zero attached hydrogens (tertiary/aromatic N) is 1. The van der Waals surface area contributed by atoms with Gasteiger partial charge in [0, 0.05) is 13.3 Å². The number of nitrogens with two attached hydrogens (primary N) is 1. The molecule has 1 aliphatic heterocycles. The van der Waals surface area contributed by atoms with Crippen LogP contribution in [-0.4, -0.2) is 18.1 Å². The molecule has 2 aliphatic rings. The van der Waals surface area contributed by atoms with Crippen LogP contribution < -0.4 is 10.6 Å². The van der Waals surface area contributed by atoms with Crippen molar-refractivity contribution in [2.75, 3.05) is 4.90 Å². The predicted molar refractivity (Wildman–Crippen MR) is 83.2 cm³/mol. The summed E-state index contributed by atoms with van der Waals surface area (Å²) in [5, 5.41) is 0. The van der Waals surface area contributed by atoms with Crippen molar-refractivity contribution in [3.05, 3.63) is 53.3 Å². The molecule has 1 atom stereocenters. The number of anilines is 1. The summed E-state index contributed by atoms with van der Waals surface area (Å²) in [5.74, 6) is -0.323. The molecule has 1 aliphatic carbocycles. The average Bonchev–Trinajstić information content (AvgIpc) is 2.61. The standard InChI is InChI=1S/C17H18N2O3/c1-11(20)22-16-10-12-6-2-4-8-14(12)19(17(18)21)15-9-5-3-7-13(15)16/h2,4-6,8-9,16H,3,7,10H2,1H3,(H2,18,21)/t16-/m0/s1. The van der Waals surface area contributed by atoms with E-state index in [1.54, 1.807) is 0 Å².